The number of aliphatic hydroxyl groups excluding tert-OH is 1. The van der Waals surface area contributed by atoms with Gasteiger partial charge in [-0.3, -0.25) is 0 Å². The maximum Gasteiger partial charge on any atom is 0.334 e. The van der Waals surface area contributed by atoms with Gasteiger partial charge in [0.05, 0.1) is 26.4 Å². The third kappa shape index (κ3) is 2.97. The number of carbonyl (C=O) groups excluding carboxylic acids is 1. The second-order valence-electron chi connectivity index (χ2n) is 8.56. The first-order valence-electron chi connectivity index (χ1n) is 9.56. The molecule has 5 atom stereocenters. The number of carbonyl (C=O) groups is 1. The van der Waals surface area contributed by atoms with E-state index in [1.807, 2.05) is 6.08 Å². The molecule has 1 aliphatic heterocycles. The average Bonchev–Trinajstić information content (AvgIpc) is 3.11. The molecule has 0 spiro atoms. The normalized spacial score (nSPS) is 40.9. The van der Waals surface area contributed by atoms with Crippen LogP contribution in [0.4, 0.5) is 0 Å². The van der Waals surface area contributed by atoms with Crippen LogP contribution < -0.4 is 0 Å². The molecule has 3 aliphatic rings. The summed E-state index contributed by atoms with van der Waals surface area (Å²) in [7, 11) is 1.43. The predicted molar refractivity (Wildman–Crippen MR) is 97.0 cm³/mol. The van der Waals surface area contributed by atoms with Gasteiger partial charge < -0.3 is 14.6 Å². The quantitative estimate of drug-likeness (QED) is 0.622. The number of hydrogen-bond donors (Lipinski definition) is 1. The van der Waals surface area contributed by atoms with Crippen molar-refractivity contribution in [2.24, 2.45) is 22.7 Å². The summed E-state index contributed by atoms with van der Waals surface area (Å²) in [6.07, 6.45) is 8.44. The zero-order valence-electron chi connectivity index (χ0n) is 16.0. The Balaban J connectivity index is 1.91. The maximum atomic E-state index is 12.4. The van der Waals surface area contributed by atoms with Crippen LogP contribution in [0.5, 0.6) is 0 Å². The van der Waals surface area contributed by atoms with Crippen molar-refractivity contribution in [3.63, 3.8) is 0 Å². The lowest BCUT2D eigenvalue weighted by Gasteiger charge is -2.59. The fraction of sp³-hybridized carbons (Fsp3) is 0.762. The van der Waals surface area contributed by atoms with E-state index in [0.29, 0.717) is 11.5 Å². The summed E-state index contributed by atoms with van der Waals surface area (Å²) < 4.78 is 10.5. The maximum absolute atomic E-state index is 12.4. The summed E-state index contributed by atoms with van der Waals surface area (Å²) in [5.74, 6) is 0.413. The van der Waals surface area contributed by atoms with E-state index >= 15 is 0 Å². The highest BCUT2D eigenvalue weighted by Gasteiger charge is 2.59. The molecule has 4 heteroatoms. The van der Waals surface area contributed by atoms with Crippen molar-refractivity contribution in [1.82, 2.24) is 0 Å². The Kier molecular flexibility index (Phi) is 5.13. The van der Waals surface area contributed by atoms with Crippen molar-refractivity contribution in [2.45, 2.75) is 59.0 Å². The summed E-state index contributed by atoms with van der Waals surface area (Å²) in [5.41, 5.74) is 1.64. The SMILES string of the molecule is COC(=O)C1=CCCC2C(C)(CCC3=CCOC3)C(C)CC(O)C12C. The minimum Gasteiger partial charge on any atom is -0.466 e. The molecule has 1 fully saturated rings. The minimum absolute atomic E-state index is 0.0882. The highest BCUT2D eigenvalue weighted by molar-refractivity contribution is 5.90. The lowest BCUT2D eigenvalue weighted by atomic mass is 9.45. The lowest BCUT2D eigenvalue weighted by molar-refractivity contribution is -0.151. The van der Waals surface area contributed by atoms with Gasteiger partial charge in [0.2, 0.25) is 0 Å². The van der Waals surface area contributed by atoms with E-state index < -0.39 is 11.5 Å². The minimum atomic E-state index is -0.521. The predicted octanol–water partition coefficient (Wildman–Crippen LogP) is 3.65. The molecule has 2 aliphatic carbocycles. The van der Waals surface area contributed by atoms with Gasteiger partial charge in [0.1, 0.15) is 0 Å². The second kappa shape index (κ2) is 6.88. The number of rotatable bonds is 4. The summed E-state index contributed by atoms with van der Waals surface area (Å²) >= 11 is 0. The Bertz CT molecular complexity index is 593. The van der Waals surface area contributed by atoms with E-state index in [4.69, 9.17) is 9.47 Å². The van der Waals surface area contributed by atoms with Crippen LogP contribution >= 0.6 is 0 Å². The number of fused-ring (bicyclic) bond motifs is 1. The zero-order chi connectivity index (χ0) is 18.2. The number of ether oxygens (including phenoxy) is 2. The first kappa shape index (κ1) is 18.7. The second-order valence-corrected chi connectivity index (χ2v) is 8.56. The van der Waals surface area contributed by atoms with Gasteiger partial charge in [0, 0.05) is 11.0 Å². The molecule has 3 rings (SSSR count). The van der Waals surface area contributed by atoms with Gasteiger partial charge >= 0.3 is 5.97 Å². The van der Waals surface area contributed by atoms with Gasteiger partial charge in [-0.15, -0.1) is 0 Å². The number of esters is 1. The van der Waals surface area contributed by atoms with Crippen molar-refractivity contribution in [2.75, 3.05) is 20.3 Å². The van der Waals surface area contributed by atoms with Gasteiger partial charge in [-0.2, -0.15) is 0 Å². The molecule has 1 saturated carbocycles. The van der Waals surface area contributed by atoms with Crippen LogP contribution in [0.25, 0.3) is 0 Å². The smallest absolute Gasteiger partial charge is 0.334 e. The first-order chi connectivity index (χ1) is 11.8. The lowest BCUT2D eigenvalue weighted by Crippen LogP contribution is -2.57. The van der Waals surface area contributed by atoms with Crippen molar-refractivity contribution >= 4 is 5.97 Å². The molecular weight excluding hydrogens is 316 g/mol. The Morgan fingerprint density at radius 1 is 1.40 bits per heavy atom. The van der Waals surface area contributed by atoms with E-state index in [0.717, 1.165) is 45.3 Å². The van der Waals surface area contributed by atoms with Crippen LogP contribution in [0.3, 0.4) is 0 Å². The number of allylic oxidation sites excluding steroid dienone is 1. The number of aliphatic hydroxyl groups is 1. The largest absolute Gasteiger partial charge is 0.466 e. The monoisotopic (exact) mass is 348 g/mol. The molecule has 5 unspecified atom stereocenters. The van der Waals surface area contributed by atoms with Crippen molar-refractivity contribution in [1.29, 1.82) is 0 Å². The molecule has 0 bridgehead atoms. The van der Waals surface area contributed by atoms with Crippen molar-refractivity contribution in [3.8, 4) is 0 Å². The van der Waals surface area contributed by atoms with Gasteiger partial charge in [0.25, 0.3) is 0 Å². The van der Waals surface area contributed by atoms with Gasteiger partial charge in [-0.05, 0) is 54.9 Å². The van der Waals surface area contributed by atoms with E-state index in [2.05, 4.69) is 26.8 Å². The Labute approximate surface area is 151 Å². The molecule has 0 amide bonds. The fourth-order valence-electron chi connectivity index (χ4n) is 5.58. The molecule has 0 aromatic carbocycles. The molecule has 4 nitrogen and oxygen atoms in total. The van der Waals surface area contributed by atoms with Gasteiger partial charge in [0.15, 0.2) is 0 Å². The summed E-state index contributed by atoms with van der Waals surface area (Å²) in [4.78, 5) is 12.4. The molecule has 0 radical (unpaired) electrons. The molecular formula is C21H32O4. The molecule has 0 aromatic rings. The van der Waals surface area contributed by atoms with Crippen molar-refractivity contribution in [3.05, 3.63) is 23.3 Å². The van der Waals surface area contributed by atoms with E-state index in [-0.39, 0.29) is 17.3 Å². The topological polar surface area (TPSA) is 55.8 Å². The third-order valence-corrected chi connectivity index (χ3v) is 7.47. The van der Waals surface area contributed by atoms with Crippen LogP contribution in [0.1, 0.15) is 52.9 Å². The Morgan fingerprint density at radius 3 is 2.80 bits per heavy atom. The van der Waals surface area contributed by atoms with Gasteiger partial charge in [-0.1, -0.05) is 32.9 Å². The highest BCUT2D eigenvalue weighted by Crippen LogP contribution is 2.62. The van der Waals surface area contributed by atoms with E-state index in [1.165, 1.54) is 12.7 Å². The van der Waals surface area contributed by atoms with E-state index in [9.17, 15) is 9.90 Å². The van der Waals surface area contributed by atoms with Gasteiger partial charge in [-0.25, -0.2) is 4.79 Å². The molecule has 0 aromatic heterocycles. The summed E-state index contributed by atoms with van der Waals surface area (Å²) in [6, 6.07) is 0. The molecule has 0 saturated heterocycles. The van der Waals surface area contributed by atoms with Crippen molar-refractivity contribution < 1.29 is 19.4 Å². The fourth-order valence-corrected chi connectivity index (χ4v) is 5.58. The molecule has 25 heavy (non-hydrogen) atoms. The summed E-state index contributed by atoms with van der Waals surface area (Å²) in [5, 5.41) is 11.0. The Morgan fingerprint density at radius 2 is 2.16 bits per heavy atom. The Hall–Kier alpha value is -1.13. The third-order valence-electron chi connectivity index (χ3n) is 7.47. The van der Waals surface area contributed by atoms with Crippen LogP contribution in [-0.2, 0) is 14.3 Å². The average molecular weight is 348 g/mol. The van der Waals surface area contributed by atoms with Crippen LogP contribution in [0, 0.1) is 22.7 Å². The van der Waals surface area contributed by atoms with Crippen LogP contribution in [0.15, 0.2) is 23.3 Å². The van der Waals surface area contributed by atoms with Crippen LogP contribution in [0.2, 0.25) is 0 Å². The number of methoxy groups -OCH3 is 1. The molecule has 1 N–H and O–H groups in total. The molecule has 140 valence electrons. The first-order valence-corrected chi connectivity index (χ1v) is 9.56. The molecule has 1 heterocycles. The van der Waals surface area contributed by atoms with E-state index in [1.54, 1.807) is 0 Å². The zero-order valence-corrected chi connectivity index (χ0v) is 16.0. The standard InChI is InChI=1S/C21H32O4/c1-14-12-18(22)21(3)16(19(23)24-4)6-5-7-17(21)20(14,2)10-8-15-9-11-25-13-15/h6,9,14,17-18,22H,5,7-8,10-13H2,1-4H3. The van der Waals surface area contributed by atoms with Crippen LogP contribution in [-0.4, -0.2) is 37.5 Å². The number of hydrogen-bond acceptors (Lipinski definition) is 4. The highest BCUT2D eigenvalue weighted by atomic mass is 16.5. The summed E-state index contributed by atoms with van der Waals surface area (Å²) in [6.45, 7) is 8.19.